The number of amides is 1. The van der Waals surface area contributed by atoms with Gasteiger partial charge < -0.3 is 4.90 Å². The molecule has 1 aliphatic heterocycles. The molecule has 3 nitrogen and oxygen atoms in total. The molecule has 0 saturated carbocycles. The summed E-state index contributed by atoms with van der Waals surface area (Å²) < 4.78 is 0. The van der Waals surface area contributed by atoms with Gasteiger partial charge in [0.05, 0.1) is 6.04 Å². The van der Waals surface area contributed by atoms with Crippen molar-refractivity contribution in [2.45, 2.75) is 45.7 Å². The largest absolute Gasteiger partial charge is 0.330 e. The molecule has 0 bridgehead atoms. The molecule has 1 heterocycles. The molecule has 1 amide bonds. The average molecular weight is 169 g/mol. The van der Waals surface area contributed by atoms with E-state index in [0.717, 1.165) is 12.8 Å². The van der Waals surface area contributed by atoms with Crippen molar-refractivity contribution >= 4 is 11.7 Å². The summed E-state index contributed by atoms with van der Waals surface area (Å²) in [6.07, 6.45) is 1.78. The van der Waals surface area contributed by atoms with Crippen molar-refractivity contribution < 1.29 is 9.59 Å². The average Bonchev–Trinajstić information content (AvgIpc) is 2.30. The lowest BCUT2D eigenvalue weighted by Gasteiger charge is -2.25. The van der Waals surface area contributed by atoms with E-state index in [0.29, 0.717) is 0 Å². The Labute approximate surface area is 72.7 Å². The van der Waals surface area contributed by atoms with E-state index in [2.05, 4.69) is 0 Å². The Morgan fingerprint density at radius 3 is 2.17 bits per heavy atom. The smallest absolute Gasteiger partial charge is 0.220 e. The monoisotopic (exact) mass is 169 g/mol. The standard InChI is InChI=1S/C9H15NO2/c1-6-4-5-9(7(2)11)10(6)8(3)12/h6,9H,4-5H2,1-3H3/t6?,9-/m0/s1. The van der Waals surface area contributed by atoms with Crippen molar-refractivity contribution in [3.63, 3.8) is 0 Å². The Hall–Kier alpha value is -0.860. The molecule has 0 aromatic heterocycles. The lowest BCUT2D eigenvalue weighted by atomic mass is 10.1. The van der Waals surface area contributed by atoms with Gasteiger partial charge >= 0.3 is 0 Å². The predicted molar refractivity (Wildman–Crippen MR) is 45.7 cm³/mol. The maximum Gasteiger partial charge on any atom is 0.220 e. The van der Waals surface area contributed by atoms with Gasteiger partial charge in [-0.05, 0) is 26.7 Å². The number of rotatable bonds is 1. The lowest BCUT2D eigenvalue weighted by molar-refractivity contribution is -0.136. The van der Waals surface area contributed by atoms with Crippen LogP contribution in [0.15, 0.2) is 0 Å². The molecule has 0 spiro atoms. The van der Waals surface area contributed by atoms with Gasteiger partial charge in [-0.25, -0.2) is 0 Å². The fourth-order valence-corrected chi connectivity index (χ4v) is 1.91. The van der Waals surface area contributed by atoms with Crippen LogP contribution in [0.25, 0.3) is 0 Å². The number of Topliss-reactive ketones (excluding diaryl/α,β-unsaturated/α-hetero) is 1. The molecule has 68 valence electrons. The molecule has 1 fully saturated rings. The van der Waals surface area contributed by atoms with Gasteiger partial charge in [-0.2, -0.15) is 0 Å². The van der Waals surface area contributed by atoms with Crippen LogP contribution < -0.4 is 0 Å². The summed E-state index contributed by atoms with van der Waals surface area (Å²) in [5, 5.41) is 0. The van der Waals surface area contributed by atoms with E-state index in [1.807, 2.05) is 6.92 Å². The molecule has 0 N–H and O–H groups in total. The van der Waals surface area contributed by atoms with E-state index < -0.39 is 0 Å². The number of likely N-dealkylation sites (tertiary alicyclic amines) is 1. The summed E-state index contributed by atoms with van der Waals surface area (Å²) in [5.41, 5.74) is 0. The zero-order chi connectivity index (χ0) is 9.30. The van der Waals surface area contributed by atoms with Crippen molar-refractivity contribution in [1.82, 2.24) is 4.90 Å². The summed E-state index contributed by atoms with van der Waals surface area (Å²) >= 11 is 0. The maximum atomic E-state index is 11.1. The van der Waals surface area contributed by atoms with Crippen LogP contribution in [0.5, 0.6) is 0 Å². The van der Waals surface area contributed by atoms with Crippen molar-refractivity contribution in [1.29, 1.82) is 0 Å². The molecular formula is C9H15NO2. The molecule has 3 heteroatoms. The van der Waals surface area contributed by atoms with Gasteiger partial charge in [0.25, 0.3) is 0 Å². The van der Waals surface area contributed by atoms with Gasteiger partial charge in [-0.3, -0.25) is 9.59 Å². The van der Waals surface area contributed by atoms with E-state index in [1.54, 1.807) is 11.8 Å². The molecule has 1 saturated heterocycles. The fraction of sp³-hybridized carbons (Fsp3) is 0.778. The third-order valence-corrected chi connectivity index (χ3v) is 2.50. The molecule has 1 rings (SSSR count). The van der Waals surface area contributed by atoms with E-state index in [-0.39, 0.29) is 23.8 Å². The molecule has 0 aromatic rings. The number of ketones is 1. The van der Waals surface area contributed by atoms with Crippen molar-refractivity contribution in [3.8, 4) is 0 Å². The summed E-state index contributed by atoms with van der Waals surface area (Å²) in [6, 6.07) is 0.0777. The van der Waals surface area contributed by atoms with Crippen molar-refractivity contribution in [3.05, 3.63) is 0 Å². The third-order valence-electron chi connectivity index (χ3n) is 2.50. The van der Waals surface area contributed by atoms with Crippen LogP contribution >= 0.6 is 0 Å². The first-order valence-electron chi connectivity index (χ1n) is 4.33. The van der Waals surface area contributed by atoms with E-state index >= 15 is 0 Å². The fourth-order valence-electron chi connectivity index (χ4n) is 1.91. The van der Waals surface area contributed by atoms with E-state index in [4.69, 9.17) is 0 Å². The van der Waals surface area contributed by atoms with Crippen LogP contribution in [0.2, 0.25) is 0 Å². The summed E-state index contributed by atoms with van der Waals surface area (Å²) in [5.74, 6) is 0.120. The predicted octanol–water partition coefficient (Wildman–Crippen LogP) is 0.975. The first-order valence-corrected chi connectivity index (χ1v) is 4.33. The minimum Gasteiger partial charge on any atom is -0.330 e. The summed E-state index contributed by atoms with van der Waals surface area (Å²) in [4.78, 5) is 24.0. The number of nitrogens with zero attached hydrogens (tertiary/aromatic N) is 1. The molecule has 1 aliphatic rings. The summed E-state index contributed by atoms with van der Waals surface area (Å²) in [6.45, 7) is 5.07. The van der Waals surface area contributed by atoms with Gasteiger partial charge in [0.1, 0.15) is 0 Å². The number of hydrogen-bond donors (Lipinski definition) is 0. The van der Waals surface area contributed by atoms with Crippen LogP contribution in [0.4, 0.5) is 0 Å². The second-order valence-corrected chi connectivity index (χ2v) is 3.48. The second kappa shape index (κ2) is 3.25. The van der Waals surface area contributed by atoms with Crippen LogP contribution in [-0.2, 0) is 9.59 Å². The van der Waals surface area contributed by atoms with Crippen molar-refractivity contribution in [2.75, 3.05) is 0 Å². The molecular weight excluding hydrogens is 154 g/mol. The van der Waals surface area contributed by atoms with E-state index in [9.17, 15) is 9.59 Å². The van der Waals surface area contributed by atoms with Gasteiger partial charge in [-0.1, -0.05) is 0 Å². The van der Waals surface area contributed by atoms with Gasteiger partial charge in [0.15, 0.2) is 5.78 Å². The Morgan fingerprint density at radius 2 is 1.83 bits per heavy atom. The second-order valence-electron chi connectivity index (χ2n) is 3.48. The van der Waals surface area contributed by atoms with Crippen LogP contribution in [0.1, 0.15) is 33.6 Å². The first kappa shape index (κ1) is 9.23. The molecule has 0 aromatic carbocycles. The Balaban J connectivity index is 2.77. The summed E-state index contributed by atoms with van der Waals surface area (Å²) in [7, 11) is 0. The van der Waals surface area contributed by atoms with Gasteiger partial charge in [-0.15, -0.1) is 0 Å². The SMILES string of the molecule is CC(=O)[C@@H]1CCC(C)N1C(C)=O. The normalized spacial score (nSPS) is 29.1. The highest BCUT2D eigenvalue weighted by molar-refractivity contribution is 5.87. The minimum absolute atomic E-state index is 0.0141. The van der Waals surface area contributed by atoms with Gasteiger partial charge in [0, 0.05) is 13.0 Å². The Morgan fingerprint density at radius 1 is 1.25 bits per heavy atom. The Kier molecular flexibility index (Phi) is 2.50. The Bertz CT molecular complexity index is 213. The quantitative estimate of drug-likeness (QED) is 0.586. The zero-order valence-corrected chi connectivity index (χ0v) is 7.83. The number of carbonyl (C=O) groups is 2. The molecule has 2 atom stereocenters. The number of carbonyl (C=O) groups excluding carboxylic acids is 2. The molecule has 12 heavy (non-hydrogen) atoms. The first-order chi connectivity index (χ1) is 5.54. The topological polar surface area (TPSA) is 37.4 Å². The zero-order valence-electron chi connectivity index (χ0n) is 7.83. The van der Waals surface area contributed by atoms with E-state index in [1.165, 1.54) is 6.92 Å². The third kappa shape index (κ3) is 1.49. The molecule has 1 unspecified atom stereocenters. The lowest BCUT2D eigenvalue weighted by Crippen LogP contribution is -2.41. The molecule has 0 aliphatic carbocycles. The highest BCUT2D eigenvalue weighted by atomic mass is 16.2. The highest BCUT2D eigenvalue weighted by Crippen LogP contribution is 2.24. The van der Waals surface area contributed by atoms with Crippen LogP contribution in [0, 0.1) is 0 Å². The van der Waals surface area contributed by atoms with Crippen LogP contribution in [-0.4, -0.2) is 28.7 Å². The number of hydrogen-bond acceptors (Lipinski definition) is 2. The minimum atomic E-state index is -0.155. The van der Waals surface area contributed by atoms with Crippen molar-refractivity contribution in [2.24, 2.45) is 0 Å². The maximum absolute atomic E-state index is 11.1. The van der Waals surface area contributed by atoms with Crippen LogP contribution in [0.3, 0.4) is 0 Å². The highest BCUT2D eigenvalue weighted by Gasteiger charge is 2.34. The van der Waals surface area contributed by atoms with Gasteiger partial charge in [0.2, 0.25) is 5.91 Å². The molecule has 0 radical (unpaired) electrons.